The van der Waals surface area contributed by atoms with E-state index in [1.807, 2.05) is 0 Å². The Balaban J connectivity index is 1.78. The Labute approximate surface area is 173 Å². The third-order valence-electron chi connectivity index (χ3n) is 9.42. The largest absolute Gasteiger partial charge is 0.455 e. The fourth-order valence-corrected chi connectivity index (χ4v) is 8.13. The van der Waals surface area contributed by atoms with Gasteiger partial charge in [0.05, 0.1) is 13.0 Å². The van der Waals surface area contributed by atoms with E-state index in [2.05, 4.69) is 13.8 Å². The van der Waals surface area contributed by atoms with Crippen molar-refractivity contribution in [2.45, 2.75) is 78.2 Å². The van der Waals surface area contributed by atoms with Crippen LogP contribution in [0.15, 0.2) is 11.6 Å². The number of ketones is 2. The normalized spacial score (nSPS) is 46.2. The number of rotatable bonds is 3. The summed E-state index contributed by atoms with van der Waals surface area (Å²) in [4.78, 5) is 36.8. The molecule has 5 heteroatoms. The molecule has 160 valence electrons. The van der Waals surface area contributed by atoms with Crippen molar-refractivity contribution in [1.82, 2.24) is 0 Å². The third kappa shape index (κ3) is 2.72. The zero-order valence-corrected chi connectivity index (χ0v) is 18.1. The Morgan fingerprint density at radius 2 is 1.86 bits per heavy atom. The maximum absolute atomic E-state index is 12.5. The minimum Gasteiger partial charge on any atom is -0.455 e. The first kappa shape index (κ1) is 20.8. The van der Waals surface area contributed by atoms with Crippen LogP contribution in [0.3, 0.4) is 0 Å². The van der Waals surface area contributed by atoms with Gasteiger partial charge in [0.1, 0.15) is 5.78 Å². The lowest BCUT2D eigenvalue weighted by Gasteiger charge is -2.62. The SMILES string of the molecule is CC(=O)OC1(CO)CC(=O)C=C2CC[C@H]3[C@@H]4CC[C@H](C(C)=O)[C@@]4(C)CC[C@@H]3[C@]21C. The molecule has 0 aliphatic heterocycles. The van der Waals surface area contributed by atoms with Crippen LogP contribution >= 0.6 is 0 Å². The molecule has 4 rings (SSSR count). The van der Waals surface area contributed by atoms with Gasteiger partial charge in [0.15, 0.2) is 11.4 Å². The topological polar surface area (TPSA) is 80.7 Å². The highest BCUT2D eigenvalue weighted by atomic mass is 16.6. The predicted octanol–water partition coefficient (Wildman–Crippen LogP) is 3.63. The first-order chi connectivity index (χ1) is 13.6. The minimum atomic E-state index is -1.18. The molecule has 0 aromatic rings. The summed E-state index contributed by atoms with van der Waals surface area (Å²) in [5.74, 6) is 1.07. The molecule has 1 N–H and O–H groups in total. The molecule has 0 spiro atoms. The van der Waals surface area contributed by atoms with Gasteiger partial charge in [-0.25, -0.2) is 0 Å². The van der Waals surface area contributed by atoms with E-state index in [-0.39, 0.29) is 36.1 Å². The first-order valence-electron chi connectivity index (χ1n) is 11.1. The lowest BCUT2D eigenvalue weighted by atomic mass is 9.43. The molecule has 4 aliphatic rings. The molecule has 0 radical (unpaired) electrons. The van der Waals surface area contributed by atoms with E-state index in [9.17, 15) is 19.5 Å². The van der Waals surface area contributed by atoms with Gasteiger partial charge in [-0.3, -0.25) is 14.4 Å². The second kappa shape index (κ2) is 6.76. The standard InChI is InChI=1S/C24H34O5/c1-14(26)19-7-8-20-18-6-5-16-11-17(28)12-24(13-25,29-15(2)27)23(16,4)21(18)9-10-22(19,20)3/h11,18-21,25H,5-10,12-13H2,1-4H3/t18-,19+,20-,21-,22+,23-,24?/m0/s1. The Bertz CT molecular complexity index is 784. The van der Waals surface area contributed by atoms with Gasteiger partial charge in [-0.15, -0.1) is 0 Å². The van der Waals surface area contributed by atoms with E-state index < -0.39 is 17.0 Å². The molecule has 0 aromatic carbocycles. The van der Waals surface area contributed by atoms with E-state index in [1.54, 1.807) is 13.0 Å². The van der Waals surface area contributed by atoms with E-state index in [0.29, 0.717) is 17.6 Å². The van der Waals surface area contributed by atoms with Crippen molar-refractivity contribution in [2.75, 3.05) is 6.61 Å². The van der Waals surface area contributed by atoms with Crippen LogP contribution in [0.2, 0.25) is 0 Å². The molecular formula is C24H34O5. The number of aliphatic hydroxyl groups excluding tert-OH is 1. The molecule has 29 heavy (non-hydrogen) atoms. The first-order valence-corrected chi connectivity index (χ1v) is 11.1. The van der Waals surface area contributed by atoms with Crippen LogP contribution in [-0.4, -0.2) is 34.9 Å². The third-order valence-corrected chi connectivity index (χ3v) is 9.42. The van der Waals surface area contributed by atoms with E-state index in [4.69, 9.17) is 4.74 Å². The maximum Gasteiger partial charge on any atom is 0.303 e. The molecule has 1 unspecified atom stereocenters. The monoisotopic (exact) mass is 402 g/mol. The zero-order valence-electron chi connectivity index (χ0n) is 18.1. The fraction of sp³-hybridized carbons (Fsp3) is 0.792. The molecule has 7 atom stereocenters. The average Bonchev–Trinajstić information content (AvgIpc) is 2.99. The number of hydrogen-bond donors (Lipinski definition) is 1. The summed E-state index contributed by atoms with van der Waals surface area (Å²) in [5, 5.41) is 10.5. The molecule has 4 aliphatic carbocycles. The van der Waals surface area contributed by atoms with Crippen LogP contribution in [0.4, 0.5) is 0 Å². The predicted molar refractivity (Wildman–Crippen MR) is 108 cm³/mol. The summed E-state index contributed by atoms with van der Waals surface area (Å²) < 4.78 is 5.81. The van der Waals surface area contributed by atoms with Crippen LogP contribution in [0.1, 0.15) is 72.6 Å². The molecule has 3 saturated carbocycles. The molecule has 0 heterocycles. The molecule has 0 aromatic heterocycles. The summed E-state index contributed by atoms with van der Waals surface area (Å²) in [7, 11) is 0. The zero-order chi connectivity index (χ0) is 21.2. The van der Waals surface area contributed by atoms with Crippen LogP contribution in [-0.2, 0) is 19.1 Å². The van der Waals surface area contributed by atoms with Gasteiger partial charge in [-0.05, 0) is 74.7 Å². The van der Waals surface area contributed by atoms with Gasteiger partial charge in [0, 0.05) is 18.3 Å². The molecule has 5 nitrogen and oxygen atoms in total. The molecule has 3 fully saturated rings. The summed E-state index contributed by atoms with van der Waals surface area (Å²) in [6.07, 6.45) is 7.55. The minimum absolute atomic E-state index is 0.0401. The molecule has 0 bridgehead atoms. The van der Waals surface area contributed by atoms with Crippen molar-refractivity contribution in [1.29, 1.82) is 0 Å². The highest BCUT2D eigenvalue weighted by Crippen LogP contribution is 2.68. The number of carbonyl (C=O) groups is 3. The van der Waals surface area contributed by atoms with Crippen LogP contribution in [0.5, 0.6) is 0 Å². The lowest BCUT2D eigenvalue weighted by molar-refractivity contribution is -0.203. The van der Waals surface area contributed by atoms with Crippen LogP contribution in [0, 0.1) is 34.5 Å². The second-order valence-corrected chi connectivity index (χ2v) is 10.5. The molecule has 0 saturated heterocycles. The van der Waals surface area contributed by atoms with Crippen LogP contribution in [0.25, 0.3) is 0 Å². The van der Waals surface area contributed by atoms with Crippen molar-refractivity contribution in [3.05, 3.63) is 11.6 Å². The van der Waals surface area contributed by atoms with Gasteiger partial charge >= 0.3 is 5.97 Å². The van der Waals surface area contributed by atoms with Gasteiger partial charge in [0.2, 0.25) is 0 Å². The number of carbonyl (C=O) groups excluding carboxylic acids is 3. The highest BCUT2D eigenvalue weighted by molar-refractivity contribution is 5.93. The number of Topliss-reactive ketones (excluding diaryl/α,β-unsaturated/α-hetero) is 1. The maximum atomic E-state index is 12.5. The van der Waals surface area contributed by atoms with Gasteiger partial charge in [-0.1, -0.05) is 19.4 Å². The van der Waals surface area contributed by atoms with Crippen molar-refractivity contribution in [2.24, 2.45) is 34.5 Å². The summed E-state index contributed by atoms with van der Waals surface area (Å²) in [6.45, 7) is 7.17. The van der Waals surface area contributed by atoms with Crippen molar-refractivity contribution >= 4 is 17.5 Å². The number of fused-ring (bicyclic) bond motifs is 5. The molecular weight excluding hydrogens is 368 g/mol. The summed E-state index contributed by atoms with van der Waals surface area (Å²) >= 11 is 0. The van der Waals surface area contributed by atoms with Gasteiger partial charge < -0.3 is 9.84 Å². The Morgan fingerprint density at radius 1 is 1.14 bits per heavy atom. The summed E-state index contributed by atoms with van der Waals surface area (Å²) in [6, 6.07) is 0. The number of aliphatic hydroxyl groups is 1. The Hall–Kier alpha value is -1.49. The average molecular weight is 403 g/mol. The lowest BCUT2D eigenvalue weighted by Crippen LogP contribution is -2.64. The number of hydrogen-bond acceptors (Lipinski definition) is 5. The van der Waals surface area contributed by atoms with Crippen molar-refractivity contribution in [3.8, 4) is 0 Å². The Morgan fingerprint density at radius 3 is 2.48 bits per heavy atom. The number of esters is 1. The summed E-state index contributed by atoms with van der Waals surface area (Å²) in [5.41, 5.74) is -0.650. The number of ether oxygens (including phenoxy) is 1. The van der Waals surface area contributed by atoms with Crippen molar-refractivity contribution in [3.63, 3.8) is 0 Å². The Kier molecular flexibility index (Phi) is 4.84. The fourth-order valence-electron chi connectivity index (χ4n) is 8.13. The van der Waals surface area contributed by atoms with E-state index >= 15 is 0 Å². The van der Waals surface area contributed by atoms with Gasteiger partial charge in [-0.2, -0.15) is 0 Å². The van der Waals surface area contributed by atoms with E-state index in [0.717, 1.165) is 44.1 Å². The highest BCUT2D eigenvalue weighted by Gasteiger charge is 2.66. The smallest absolute Gasteiger partial charge is 0.303 e. The molecule has 0 amide bonds. The van der Waals surface area contributed by atoms with Crippen molar-refractivity contribution < 1.29 is 24.2 Å². The quantitative estimate of drug-likeness (QED) is 0.729. The van der Waals surface area contributed by atoms with E-state index in [1.165, 1.54) is 6.92 Å². The van der Waals surface area contributed by atoms with Gasteiger partial charge in [0.25, 0.3) is 0 Å². The van der Waals surface area contributed by atoms with Crippen LogP contribution < -0.4 is 0 Å². The second-order valence-electron chi connectivity index (χ2n) is 10.5.